The second-order valence-electron chi connectivity index (χ2n) is 6.82. The van der Waals surface area contributed by atoms with Crippen LogP contribution in [-0.2, 0) is 13.1 Å². The van der Waals surface area contributed by atoms with Crippen molar-refractivity contribution in [1.29, 1.82) is 0 Å². The molecule has 0 aliphatic carbocycles. The molecule has 6 heteroatoms. The maximum Gasteiger partial charge on any atom is 0.272 e. The largest absolute Gasteiger partial charge is 0.348 e. The average molecular weight is 384 g/mol. The first kappa shape index (κ1) is 18.6. The van der Waals surface area contributed by atoms with Gasteiger partial charge in [-0.25, -0.2) is 4.98 Å². The van der Waals surface area contributed by atoms with Crippen molar-refractivity contribution in [3.63, 3.8) is 0 Å². The molecule has 2 aromatic heterocycles. The Morgan fingerprint density at radius 1 is 1.03 bits per heavy atom. The molecule has 6 nitrogen and oxygen atoms in total. The van der Waals surface area contributed by atoms with E-state index in [1.165, 1.54) is 0 Å². The smallest absolute Gasteiger partial charge is 0.272 e. The average Bonchev–Trinajstić information content (AvgIpc) is 2.76. The lowest BCUT2D eigenvalue weighted by Gasteiger charge is -2.12. The highest BCUT2D eigenvalue weighted by molar-refractivity contribution is 5.97. The van der Waals surface area contributed by atoms with E-state index in [-0.39, 0.29) is 11.5 Å². The zero-order valence-electron chi connectivity index (χ0n) is 16.0. The Morgan fingerprint density at radius 3 is 2.59 bits per heavy atom. The molecule has 0 unspecified atom stereocenters. The number of fused-ring (bicyclic) bond motifs is 1. The number of nitrogens with zero attached hydrogens (tertiary/aromatic N) is 3. The van der Waals surface area contributed by atoms with Gasteiger partial charge in [-0.3, -0.25) is 14.6 Å². The number of carbonyl (C=O) groups is 1. The molecule has 0 aliphatic rings. The van der Waals surface area contributed by atoms with Gasteiger partial charge in [-0.15, -0.1) is 0 Å². The number of amides is 1. The van der Waals surface area contributed by atoms with Crippen LogP contribution in [0.15, 0.2) is 77.9 Å². The summed E-state index contributed by atoms with van der Waals surface area (Å²) in [5, 5.41) is 2.89. The molecule has 0 fully saturated rings. The van der Waals surface area contributed by atoms with E-state index < -0.39 is 0 Å². The number of aryl methyl sites for hydroxylation is 1. The summed E-state index contributed by atoms with van der Waals surface area (Å²) in [5.74, 6) is -0.198. The van der Waals surface area contributed by atoms with Crippen molar-refractivity contribution >= 4 is 16.9 Å². The number of pyridine rings is 1. The molecular formula is C23H20N4O2. The van der Waals surface area contributed by atoms with E-state index in [4.69, 9.17) is 0 Å². The van der Waals surface area contributed by atoms with Gasteiger partial charge in [-0.05, 0) is 42.3 Å². The predicted octanol–water partition coefficient (Wildman–Crippen LogP) is 3.08. The Hall–Kier alpha value is -3.80. The van der Waals surface area contributed by atoms with E-state index in [0.29, 0.717) is 35.4 Å². The third-order valence-electron chi connectivity index (χ3n) is 4.73. The van der Waals surface area contributed by atoms with Gasteiger partial charge in [0, 0.05) is 24.5 Å². The van der Waals surface area contributed by atoms with Gasteiger partial charge in [-0.1, -0.05) is 36.4 Å². The number of carbonyl (C=O) groups excluding carboxylic acids is 1. The molecule has 2 aromatic carbocycles. The number of benzene rings is 2. The van der Waals surface area contributed by atoms with E-state index >= 15 is 0 Å². The van der Waals surface area contributed by atoms with Crippen molar-refractivity contribution in [3.8, 4) is 0 Å². The van der Waals surface area contributed by atoms with Crippen LogP contribution >= 0.6 is 0 Å². The van der Waals surface area contributed by atoms with Crippen molar-refractivity contribution < 1.29 is 4.79 Å². The first-order chi connectivity index (χ1) is 14.1. The SMILES string of the molecule is Cc1nc2cc(C(=O)NCc3cccnc3)ccc2n(Cc2ccccc2)c1=O. The second kappa shape index (κ2) is 8.06. The van der Waals surface area contributed by atoms with Crippen molar-refractivity contribution in [1.82, 2.24) is 19.9 Å². The van der Waals surface area contributed by atoms with Crippen molar-refractivity contribution in [2.45, 2.75) is 20.0 Å². The van der Waals surface area contributed by atoms with Crippen LogP contribution in [0.1, 0.15) is 27.2 Å². The van der Waals surface area contributed by atoms with E-state index in [2.05, 4.69) is 15.3 Å². The molecule has 4 rings (SSSR count). The summed E-state index contributed by atoms with van der Waals surface area (Å²) in [6.45, 7) is 2.54. The maximum absolute atomic E-state index is 12.7. The van der Waals surface area contributed by atoms with Gasteiger partial charge in [0.15, 0.2) is 0 Å². The van der Waals surface area contributed by atoms with Crippen LogP contribution in [0.4, 0.5) is 0 Å². The first-order valence-electron chi connectivity index (χ1n) is 9.34. The molecular weight excluding hydrogens is 364 g/mol. The lowest BCUT2D eigenvalue weighted by atomic mass is 10.1. The van der Waals surface area contributed by atoms with Gasteiger partial charge in [0.2, 0.25) is 0 Å². The zero-order chi connectivity index (χ0) is 20.2. The molecule has 0 bridgehead atoms. The van der Waals surface area contributed by atoms with Gasteiger partial charge in [-0.2, -0.15) is 0 Å². The topological polar surface area (TPSA) is 76.9 Å². The molecule has 0 aliphatic heterocycles. The van der Waals surface area contributed by atoms with Crippen LogP contribution in [0.3, 0.4) is 0 Å². The van der Waals surface area contributed by atoms with Gasteiger partial charge < -0.3 is 9.88 Å². The minimum Gasteiger partial charge on any atom is -0.348 e. The lowest BCUT2D eigenvalue weighted by molar-refractivity contribution is 0.0951. The van der Waals surface area contributed by atoms with Crippen molar-refractivity contribution in [3.05, 3.63) is 106 Å². The number of hydrogen-bond donors (Lipinski definition) is 1. The first-order valence-corrected chi connectivity index (χ1v) is 9.34. The fraction of sp³-hybridized carbons (Fsp3) is 0.130. The quantitative estimate of drug-likeness (QED) is 0.574. The van der Waals surface area contributed by atoms with Crippen LogP contribution < -0.4 is 10.9 Å². The molecule has 0 saturated heterocycles. The van der Waals surface area contributed by atoms with Gasteiger partial charge in [0.1, 0.15) is 5.69 Å². The standard InChI is InChI=1S/C23H20N4O2/c1-16-23(29)27(15-17-6-3-2-4-7-17)21-10-9-19(12-20(21)26-16)22(28)25-14-18-8-5-11-24-13-18/h2-13H,14-15H2,1H3,(H,25,28). The summed E-state index contributed by atoms with van der Waals surface area (Å²) in [4.78, 5) is 33.7. The normalized spacial score (nSPS) is 10.8. The van der Waals surface area contributed by atoms with Gasteiger partial charge in [0.05, 0.1) is 17.6 Å². The number of aromatic nitrogens is 3. The number of nitrogens with one attached hydrogen (secondary N) is 1. The molecule has 0 spiro atoms. The van der Waals surface area contributed by atoms with E-state index in [1.54, 1.807) is 42.1 Å². The Kier molecular flexibility index (Phi) is 5.16. The van der Waals surface area contributed by atoms with Crippen LogP contribution in [0, 0.1) is 6.92 Å². The monoisotopic (exact) mass is 384 g/mol. The van der Waals surface area contributed by atoms with E-state index in [0.717, 1.165) is 11.1 Å². The zero-order valence-corrected chi connectivity index (χ0v) is 16.0. The van der Waals surface area contributed by atoms with Crippen LogP contribution in [0.2, 0.25) is 0 Å². The fourth-order valence-electron chi connectivity index (χ4n) is 3.23. The molecule has 0 radical (unpaired) electrons. The molecule has 2 heterocycles. The van der Waals surface area contributed by atoms with Crippen molar-refractivity contribution in [2.24, 2.45) is 0 Å². The molecule has 144 valence electrons. The van der Waals surface area contributed by atoms with Crippen LogP contribution in [0.25, 0.3) is 11.0 Å². The highest BCUT2D eigenvalue weighted by atomic mass is 16.1. The Balaban J connectivity index is 1.64. The summed E-state index contributed by atoms with van der Waals surface area (Å²) in [5.41, 5.74) is 4.04. The molecule has 1 N–H and O–H groups in total. The summed E-state index contributed by atoms with van der Waals surface area (Å²) >= 11 is 0. The summed E-state index contributed by atoms with van der Waals surface area (Å²) in [7, 11) is 0. The minimum atomic E-state index is -0.198. The fourth-order valence-corrected chi connectivity index (χ4v) is 3.23. The maximum atomic E-state index is 12.7. The number of rotatable bonds is 5. The third-order valence-corrected chi connectivity index (χ3v) is 4.73. The molecule has 29 heavy (non-hydrogen) atoms. The highest BCUT2D eigenvalue weighted by Gasteiger charge is 2.12. The Labute approximate surface area is 167 Å². The molecule has 4 aromatic rings. The number of hydrogen-bond acceptors (Lipinski definition) is 4. The lowest BCUT2D eigenvalue weighted by Crippen LogP contribution is -2.25. The van der Waals surface area contributed by atoms with Crippen LogP contribution in [-0.4, -0.2) is 20.4 Å². The molecule has 0 saturated carbocycles. The Morgan fingerprint density at radius 2 is 1.83 bits per heavy atom. The molecule has 1 amide bonds. The van der Waals surface area contributed by atoms with E-state index in [1.807, 2.05) is 42.5 Å². The highest BCUT2D eigenvalue weighted by Crippen LogP contribution is 2.15. The third kappa shape index (κ3) is 4.06. The predicted molar refractivity (Wildman–Crippen MR) is 112 cm³/mol. The minimum absolute atomic E-state index is 0.130. The molecule has 0 atom stereocenters. The van der Waals surface area contributed by atoms with Crippen molar-refractivity contribution in [2.75, 3.05) is 0 Å². The van der Waals surface area contributed by atoms with E-state index in [9.17, 15) is 9.59 Å². The van der Waals surface area contributed by atoms with Gasteiger partial charge in [0.25, 0.3) is 11.5 Å². The summed E-state index contributed by atoms with van der Waals surface area (Å²) in [6.07, 6.45) is 3.41. The van der Waals surface area contributed by atoms with Gasteiger partial charge >= 0.3 is 0 Å². The summed E-state index contributed by atoms with van der Waals surface area (Å²) in [6, 6.07) is 18.8. The Bertz CT molecular complexity index is 1220. The second-order valence-corrected chi connectivity index (χ2v) is 6.82. The van der Waals surface area contributed by atoms with Crippen LogP contribution in [0.5, 0.6) is 0 Å². The summed E-state index contributed by atoms with van der Waals surface area (Å²) < 4.78 is 1.70.